The van der Waals surface area contributed by atoms with Crippen LogP contribution in [0.15, 0.2) is 24.3 Å². The molecule has 0 saturated carbocycles. The molecule has 6 nitrogen and oxygen atoms in total. The number of hydrogen-bond donors (Lipinski definition) is 2. The van der Waals surface area contributed by atoms with Crippen LogP contribution in [0.25, 0.3) is 0 Å². The molecule has 2 N–H and O–H groups in total. The maximum atomic E-state index is 11.5. The number of hydrogen-bond acceptors (Lipinski definition) is 5. The van der Waals surface area contributed by atoms with Crippen LogP contribution in [0.1, 0.15) is 12.5 Å². The molecular formula is C15H19ClN2O4S. The van der Waals surface area contributed by atoms with Crippen LogP contribution in [0, 0.1) is 0 Å². The molecule has 0 unspecified atom stereocenters. The zero-order valence-corrected chi connectivity index (χ0v) is 14.3. The van der Waals surface area contributed by atoms with E-state index < -0.39 is 18.5 Å². The highest BCUT2D eigenvalue weighted by molar-refractivity contribution is 7.99. The smallest absolute Gasteiger partial charge is 0.316 e. The van der Waals surface area contributed by atoms with E-state index >= 15 is 0 Å². The van der Waals surface area contributed by atoms with Crippen molar-refractivity contribution in [3.05, 3.63) is 34.9 Å². The van der Waals surface area contributed by atoms with E-state index in [1.165, 1.54) is 11.8 Å². The van der Waals surface area contributed by atoms with Crippen LogP contribution in [0.3, 0.4) is 0 Å². The Kier molecular flexibility index (Phi) is 9.16. The lowest BCUT2D eigenvalue weighted by Crippen LogP contribution is -2.38. The fraction of sp³-hybridized carbons (Fsp3) is 0.400. The zero-order valence-electron chi connectivity index (χ0n) is 12.8. The maximum Gasteiger partial charge on any atom is 0.316 e. The van der Waals surface area contributed by atoms with Crippen molar-refractivity contribution >= 4 is 41.1 Å². The predicted octanol–water partition coefficient (Wildman–Crippen LogP) is 1.37. The number of amides is 2. The first-order valence-corrected chi connectivity index (χ1v) is 8.56. The lowest BCUT2D eigenvalue weighted by Gasteiger charge is -2.07. The lowest BCUT2D eigenvalue weighted by atomic mass is 10.2. The molecule has 126 valence electrons. The molecule has 0 aromatic heterocycles. The maximum absolute atomic E-state index is 11.5. The van der Waals surface area contributed by atoms with Gasteiger partial charge in [0.1, 0.15) is 0 Å². The monoisotopic (exact) mass is 358 g/mol. The molecule has 0 spiro atoms. The summed E-state index contributed by atoms with van der Waals surface area (Å²) in [6.45, 7) is 1.74. The third kappa shape index (κ3) is 8.47. The molecule has 0 aliphatic carbocycles. The van der Waals surface area contributed by atoms with Crippen molar-refractivity contribution in [2.24, 2.45) is 0 Å². The Labute approximate surface area is 144 Å². The largest absolute Gasteiger partial charge is 0.455 e. The van der Waals surface area contributed by atoms with Gasteiger partial charge in [0.25, 0.3) is 5.91 Å². The van der Waals surface area contributed by atoms with E-state index in [2.05, 4.69) is 10.6 Å². The van der Waals surface area contributed by atoms with Crippen LogP contribution in [0.5, 0.6) is 0 Å². The minimum absolute atomic E-state index is 0.120. The summed E-state index contributed by atoms with van der Waals surface area (Å²) >= 11 is 7.36. The van der Waals surface area contributed by atoms with Gasteiger partial charge in [0.15, 0.2) is 6.61 Å². The molecule has 8 heteroatoms. The molecular weight excluding hydrogens is 340 g/mol. The second kappa shape index (κ2) is 10.9. The van der Waals surface area contributed by atoms with E-state index in [0.717, 1.165) is 5.56 Å². The number of rotatable bonds is 9. The van der Waals surface area contributed by atoms with Crippen LogP contribution in [-0.2, 0) is 24.9 Å². The Morgan fingerprint density at radius 1 is 1.17 bits per heavy atom. The van der Waals surface area contributed by atoms with Gasteiger partial charge in [-0.05, 0) is 18.6 Å². The fourth-order valence-electron chi connectivity index (χ4n) is 1.54. The number of carbonyl (C=O) groups excluding carboxylic acids is 3. The van der Waals surface area contributed by atoms with E-state index in [0.29, 0.717) is 17.3 Å². The topological polar surface area (TPSA) is 84.5 Å². The van der Waals surface area contributed by atoms with E-state index in [1.807, 2.05) is 18.2 Å². The van der Waals surface area contributed by atoms with Gasteiger partial charge in [-0.1, -0.05) is 29.8 Å². The number of halogens is 1. The van der Waals surface area contributed by atoms with Crippen molar-refractivity contribution in [2.75, 3.05) is 25.4 Å². The minimum atomic E-state index is -0.513. The molecule has 0 aliphatic rings. The van der Waals surface area contributed by atoms with Gasteiger partial charge in [-0.3, -0.25) is 14.4 Å². The SMILES string of the molecule is CCNC(=O)CNC(=O)COC(=O)CSCc1ccccc1Cl. The zero-order chi connectivity index (χ0) is 17.1. The Bertz CT molecular complexity index is 554. The molecule has 0 saturated heterocycles. The summed E-state index contributed by atoms with van der Waals surface area (Å²) in [7, 11) is 0. The van der Waals surface area contributed by atoms with Crippen molar-refractivity contribution in [2.45, 2.75) is 12.7 Å². The van der Waals surface area contributed by atoms with Gasteiger partial charge in [0.05, 0.1) is 12.3 Å². The summed E-state index contributed by atoms with van der Waals surface area (Å²) in [5.74, 6) is -0.592. The Morgan fingerprint density at radius 3 is 2.61 bits per heavy atom. The van der Waals surface area contributed by atoms with E-state index in [9.17, 15) is 14.4 Å². The first kappa shape index (κ1) is 19.3. The first-order valence-electron chi connectivity index (χ1n) is 7.03. The molecule has 1 aromatic rings. The standard InChI is InChI=1S/C15H19ClN2O4S/c1-2-17-13(19)7-18-14(20)8-22-15(21)10-23-9-11-5-3-4-6-12(11)16/h3-6H,2,7-10H2,1H3,(H,17,19)(H,18,20). The molecule has 0 radical (unpaired) electrons. The third-order valence-electron chi connectivity index (χ3n) is 2.62. The Balaban J connectivity index is 2.15. The lowest BCUT2D eigenvalue weighted by molar-refractivity contribution is -0.146. The number of carbonyl (C=O) groups is 3. The molecule has 0 fully saturated rings. The molecule has 0 aliphatic heterocycles. The van der Waals surface area contributed by atoms with Crippen molar-refractivity contribution < 1.29 is 19.1 Å². The number of nitrogens with one attached hydrogen (secondary N) is 2. The second-order valence-corrected chi connectivity index (χ2v) is 5.87. The van der Waals surface area contributed by atoms with E-state index in [1.54, 1.807) is 13.0 Å². The highest BCUT2D eigenvalue weighted by Gasteiger charge is 2.09. The predicted molar refractivity (Wildman–Crippen MR) is 90.3 cm³/mol. The Morgan fingerprint density at radius 2 is 1.91 bits per heavy atom. The van der Waals surface area contributed by atoms with Crippen LogP contribution >= 0.6 is 23.4 Å². The molecule has 2 amide bonds. The highest BCUT2D eigenvalue weighted by atomic mass is 35.5. The minimum Gasteiger partial charge on any atom is -0.455 e. The van der Waals surface area contributed by atoms with Crippen molar-refractivity contribution in [1.29, 1.82) is 0 Å². The second-order valence-electron chi connectivity index (χ2n) is 4.48. The summed E-state index contributed by atoms with van der Waals surface area (Å²) in [5, 5.41) is 5.55. The summed E-state index contributed by atoms with van der Waals surface area (Å²) in [6, 6.07) is 7.38. The molecule has 0 atom stereocenters. The number of ether oxygens (including phenoxy) is 1. The first-order chi connectivity index (χ1) is 11.0. The van der Waals surface area contributed by atoms with Gasteiger partial charge in [-0.25, -0.2) is 0 Å². The number of likely N-dealkylation sites (N-methyl/N-ethyl adjacent to an activating group) is 1. The molecule has 0 bridgehead atoms. The average Bonchev–Trinajstić information content (AvgIpc) is 2.53. The van der Waals surface area contributed by atoms with Crippen LogP contribution < -0.4 is 10.6 Å². The third-order valence-corrected chi connectivity index (χ3v) is 3.94. The van der Waals surface area contributed by atoms with Crippen molar-refractivity contribution in [3.63, 3.8) is 0 Å². The highest BCUT2D eigenvalue weighted by Crippen LogP contribution is 2.20. The molecule has 1 rings (SSSR count). The summed E-state index contributed by atoms with van der Waals surface area (Å²) < 4.78 is 4.83. The molecule has 23 heavy (non-hydrogen) atoms. The van der Waals surface area contributed by atoms with Gasteiger partial charge in [0.2, 0.25) is 5.91 Å². The summed E-state index contributed by atoms with van der Waals surface area (Å²) in [5.41, 5.74) is 0.937. The average molecular weight is 359 g/mol. The summed E-state index contributed by atoms with van der Waals surface area (Å²) in [6.07, 6.45) is 0. The van der Waals surface area contributed by atoms with Gasteiger partial charge < -0.3 is 15.4 Å². The van der Waals surface area contributed by atoms with E-state index in [-0.39, 0.29) is 18.2 Å². The fourth-order valence-corrected chi connectivity index (χ4v) is 2.64. The van der Waals surface area contributed by atoms with Crippen LogP contribution in [0.4, 0.5) is 0 Å². The Hall–Kier alpha value is -1.73. The van der Waals surface area contributed by atoms with Crippen molar-refractivity contribution in [1.82, 2.24) is 10.6 Å². The number of esters is 1. The molecule has 1 aromatic carbocycles. The van der Waals surface area contributed by atoms with Gasteiger partial charge >= 0.3 is 5.97 Å². The van der Waals surface area contributed by atoms with Gasteiger partial charge in [-0.15, -0.1) is 11.8 Å². The van der Waals surface area contributed by atoms with Crippen LogP contribution in [0.2, 0.25) is 5.02 Å². The van der Waals surface area contributed by atoms with Crippen LogP contribution in [-0.4, -0.2) is 43.2 Å². The van der Waals surface area contributed by atoms with Gasteiger partial charge in [0, 0.05) is 17.3 Å². The van der Waals surface area contributed by atoms with E-state index in [4.69, 9.17) is 16.3 Å². The number of thioether (sulfide) groups is 1. The quantitative estimate of drug-likeness (QED) is 0.651. The number of benzene rings is 1. The normalized spacial score (nSPS) is 10.0. The van der Waals surface area contributed by atoms with Crippen molar-refractivity contribution in [3.8, 4) is 0 Å². The van der Waals surface area contributed by atoms with Gasteiger partial charge in [-0.2, -0.15) is 0 Å². The molecule has 0 heterocycles. The summed E-state index contributed by atoms with van der Waals surface area (Å²) in [4.78, 5) is 34.1.